The first kappa shape index (κ1) is 28.0. The van der Waals surface area contributed by atoms with Crippen molar-refractivity contribution in [2.45, 2.75) is 20.8 Å². The predicted octanol–water partition coefficient (Wildman–Crippen LogP) is 6.52. The number of nitrogens with zero attached hydrogens (tertiary/aromatic N) is 1. The molecule has 0 saturated heterocycles. The zero-order valence-corrected chi connectivity index (χ0v) is 23.4. The van der Waals surface area contributed by atoms with Gasteiger partial charge in [0.25, 0.3) is 11.8 Å². The summed E-state index contributed by atoms with van der Waals surface area (Å²) in [5.74, 6) is -0.0770. The maximum atomic E-state index is 12.6. The molecule has 0 unspecified atom stereocenters. The average molecular weight is 630 g/mol. The van der Waals surface area contributed by atoms with Crippen molar-refractivity contribution in [3.8, 4) is 17.6 Å². The Hall–Kier alpha value is -3.55. The normalized spacial score (nSPS) is 10.9. The van der Waals surface area contributed by atoms with Crippen LogP contribution in [-0.2, 0) is 9.59 Å². The molecule has 0 bridgehead atoms. The molecular weight excluding hydrogens is 605 g/mol. The third-order valence-corrected chi connectivity index (χ3v) is 6.14. The quantitative estimate of drug-likeness (QED) is 0.159. The number of carbonyl (C=O) groups is 2. The second kappa shape index (κ2) is 13.1. The van der Waals surface area contributed by atoms with Crippen LogP contribution in [0.15, 0.2) is 60.2 Å². The lowest BCUT2D eigenvalue weighted by atomic mass is 10.1. The van der Waals surface area contributed by atoms with Crippen LogP contribution in [0.3, 0.4) is 0 Å². The van der Waals surface area contributed by atoms with E-state index in [4.69, 9.17) is 21.1 Å². The van der Waals surface area contributed by atoms with Crippen molar-refractivity contribution in [2.75, 3.05) is 23.8 Å². The number of benzene rings is 3. The molecule has 0 saturated carbocycles. The van der Waals surface area contributed by atoms with Crippen LogP contribution in [0.1, 0.15) is 23.6 Å². The molecular formula is C28H25ClIN3O4. The number of anilines is 2. The van der Waals surface area contributed by atoms with Gasteiger partial charge in [0.05, 0.1) is 10.2 Å². The Balaban J connectivity index is 1.78. The van der Waals surface area contributed by atoms with Gasteiger partial charge in [0.1, 0.15) is 11.6 Å². The molecule has 2 N–H and O–H groups in total. The van der Waals surface area contributed by atoms with E-state index in [1.165, 1.54) is 6.08 Å². The van der Waals surface area contributed by atoms with E-state index in [1.807, 2.05) is 45.0 Å². The van der Waals surface area contributed by atoms with Gasteiger partial charge in [-0.15, -0.1) is 0 Å². The summed E-state index contributed by atoms with van der Waals surface area (Å²) in [6, 6.07) is 17.8. The highest BCUT2D eigenvalue weighted by atomic mass is 127. The molecule has 0 radical (unpaired) electrons. The van der Waals surface area contributed by atoms with E-state index in [1.54, 1.807) is 36.4 Å². The molecule has 7 nitrogen and oxygen atoms in total. The molecule has 0 aliphatic heterocycles. The first-order valence-corrected chi connectivity index (χ1v) is 12.8. The Morgan fingerprint density at radius 2 is 1.86 bits per heavy atom. The van der Waals surface area contributed by atoms with Gasteiger partial charge in [-0.25, -0.2) is 0 Å². The molecule has 0 aliphatic rings. The van der Waals surface area contributed by atoms with E-state index in [2.05, 4.69) is 33.2 Å². The Kier molecular flexibility index (Phi) is 9.94. The molecule has 0 fully saturated rings. The SMILES string of the molecule is CCOc1cc(/C=C(/C#N)C(=O)Nc2cccc(Cl)c2)cc(I)c1OCC(=O)Nc1cc(C)ccc1C. The minimum atomic E-state index is -0.568. The topological polar surface area (TPSA) is 100 Å². The van der Waals surface area contributed by atoms with Crippen LogP contribution in [0.4, 0.5) is 11.4 Å². The lowest BCUT2D eigenvalue weighted by Crippen LogP contribution is -2.21. The number of rotatable bonds is 9. The molecule has 3 aromatic rings. The predicted molar refractivity (Wildman–Crippen MR) is 154 cm³/mol. The third kappa shape index (κ3) is 7.97. The Morgan fingerprint density at radius 3 is 2.57 bits per heavy atom. The molecule has 2 amide bonds. The number of hydrogen-bond acceptors (Lipinski definition) is 5. The molecule has 0 aromatic heterocycles. The van der Waals surface area contributed by atoms with Crippen LogP contribution in [-0.4, -0.2) is 25.0 Å². The minimum Gasteiger partial charge on any atom is -0.490 e. The lowest BCUT2D eigenvalue weighted by Gasteiger charge is -2.15. The summed E-state index contributed by atoms with van der Waals surface area (Å²) in [6.45, 7) is 5.84. The summed E-state index contributed by atoms with van der Waals surface area (Å²) in [5.41, 5.74) is 3.67. The maximum Gasteiger partial charge on any atom is 0.266 e. The van der Waals surface area contributed by atoms with Crippen molar-refractivity contribution in [2.24, 2.45) is 0 Å². The first-order valence-electron chi connectivity index (χ1n) is 11.3. The van der Waals surface area contributed by atoms with Crippen molar-refractivity contribution in [3.05, 3.63) is 85.5 Å². The highest BCUT2D eigenvalue weighted by molar-refractivity contribution is 14.1. The molecule has 0 aliphatic carbocycles. The fraction of sp³-hybridized carbons (Fsp3) is 0.179. The van der Waals surface area contributed by atoms with E-state index < -0.39 is 5.91 Å². The fourth-order valence-corrected chi connectivity index (χ4v) is 4.32. The van der Waals surface area contributed by atoms with Crippen molar-refractivity contribution in [1.29, 1.82) is 5.26 Å². The first-order chi connectivity index (χ1) is 17.7. The van der Waals surface area contributed by atoms with E-state index in [9.17, 15) is 14.9 Å². The standard InChI is InChI=1S/C28H25ClIN3O4/c1-4-36-25-13-19(11-20(15-31)28(35)32-22-7-5-6-21(29)14-22)12-23(30)27(25)37-16-26(34)33-24-10-17(2)8-9-18(24)3/h5-14H,4,16H2,1-3H3,(H,32,35)(H,33,34)/b20-11-. The van der Waals surface area contributed by atoms with Gasteiger partial charge in [0, 0.05) is 16.4 Å². The van der Waals surface area contributed by atoms with Gasteiger partial charge in [0.15, 0.2) is 18.1 Å². The zero-order valence-electron chi connectivity index (χ0n) is 20.5. The largest absolute Gasteiger partial charge is 0.490 e. The summed E-state index contributed by atoms with van der Waals surface area (Å²) in [4.78, 5) is 25.2. The van der Waals surface area contributed by atoms with E-state index >= 15 is 0 Å². The smallest absolute Gasteiger partial charge is 0.266 e. The van der Waals surface area contributed by atoms with Gasteiger partial charge in [-0.05, 0) is 103 Å². The van der Waals surface area contributed by atoms with Gasteiger partial charge in [-0.1, -0.05) is 29.8 Å². The Bertz CT molecular complexity index is 1400. The summed E-state index contributed by atoms with van der Waals surface area (Å²) in [6.07, 6.45) is 1.46. The van der Waals surface area contributed by atoms with Gasteiger partial charge in [-0.3, -0.25) is 9.59 Å². The number of nitrogens with one attached hydrogen (secondary N) is 2. The van der Waals surface area contributed by atoms with Crippen LogP contribution in [0.25, 0.3) is 6.08 Å². The Labute approximate surface area is 234 Å². The van der Waals surface area contributed by atoms with Gasteiger partial charge in [-0.2, -0.15) is 5.26 Å². The molecule has 3 aromatic carbocycles. The number of aryl methyl sites for hydroxylation is 2. The second-order valence-electron chi connectivity index (χ2n) is 8.05. The molecule has 9 heteroatoms. The number of nitriles is 1. The second-order valence-corrected chi connectivity index (χ2v) is 9.65. The number of hydrogen-bond donors (Lipinski definition) is 2. The summed E-state index contributed by atoms with van der Waals surface area (Å²) >= 11 is 8.03. The molecule has 0 heterocycles. The van der Waals surface area contributed by atoms with Crippen molar-refractivity contribution in [3.63, 3.8) is 0 Å². The van der Waals surface area contributed by atoms with Crippen LogP contribution < -0.4 is 20.1 Å². The van der Waals surface area contributed by atoms with Crippen molar-refractivity contribution in [1.82, 2.24) is 0 Å². The highest BCUT2D eigenvalue weighted by Gasteiger charge is 2.16. The van der Waals surface area contributed by atoms with Gasteiger partial charge >= 0.3 is 0 Å². The van der Waals surface area contributed by atoms with Gasteiger partial charge in [0.2, 0.25) is 0 Å². The zero-order chi connectivity index (χ0) is 26.9. The van der Waals surface area contributed by atoms with Gasteiger partial charge < -0.3 is 20.1 Å². The van der Waals surface area contributed by atoms with Crippen molar-refractivity contribution < 1.29 is 19.1 Å². The number of ether oxygens (including phenoxy) is 2. The minimum absolute atomic E-state index is 0.0974. The molecule has 190 valence electrons. The van der Waals surface area contributed by atoms with E-state index in [-0.39, 0.29) is 18.1 Å². The summed E-state index contributed by atoms with van der Waals surface area (Å²) < 4.78 is 12.2. The summed E-state index contributed by atoms with van der Waals surface area (Å²) in [5, 5.41) is 15.6. The van der Waals surface area contributed by atoms with Crippen LogP contribution >= 0.6 is 34.2 Å². The van der Waals surface area contributed by atoms with Crippen molar-refractivity contribution >= 4 is 63.5 Å². The monoisotopic (exact) mass is 629 g/mol. The maximum absolute atomic E-state index is 12.6. The molecule has 3 rings (SSSR count). The average Bonchev–Trinajstić information content (AvgIpc) is 2.84. The van der Waals surface area contributed by atoms with Crippen LogP contribution in [0.2, 0.25) is 5.02 Å². The van der Waals surface area contributed by atoms with E-state index in [0.717, 1.165) is 16.8 Å². The summed E-state index contributed by atoms with van der Waals surface area (Å²) in [7, 11) is 0. The molecule has 0 spiro atoms. The molecule has 0 atom stereocenters. The number of halogens is 2. The third-order valence-electron chi connectivity index (χ3n) is 5.11. The van der Waals surface area contributed by atoms with Crippen LogP contribution in [0, 0.1) is 28.7 Å². The Morgan fingerprint density at radius 1 is 1.08 bits per heavy atom. The number of amides is 2. The van der Waals surface area contributed by atoms with Crippen LogP contribution in [0.5, 0.6) is 11.5 Å². The lowest BCUT2D eigenvalue weighted by molar-refractivity contribution is -0.118. The number of carbonyl (C=O) groups excluding carboxylic acids is 2. The highest BCUT2D eigenvalue weighted by Crippen LogP contribution is 2.35. The molecule has 37 heavy (non-hydrogen) atoms. The fourth-order valence-electron chi connectivity index (χ4n) is 3.35. The van der Waals surface area contributed by atoms with E-state index in [0.29, 0.717) is 37.9 Å².